The van der Waals surface area contributed by atoms with Gasteiger partial charge in [0.25, 0.3) is 5.56 Å². The Kier molecular flexibility index (Phi) is 2.35. The van der Waals surface area contributed by atoms with Gasteiger partial charge in [-0.25, -0.2) is 4.98 Å². The quantitative estimate of drug-likeness (QED) is 0.627. The molecule has 1 aromatic carbocycles. The smallest absolute Gasteiger partial charge is 0.264 e. The first kappa shape index (κ1) is 10.3. The van der Waals surface area contributed by atoms with Gasteiger partial charge in [0.05, 0.1) is 26.1 Å². The molecule has 0 radical (unpaired) electrons. The SMILES string of the molecule is [2H]Cc1nc2c([2H])cc([2H])c(N)c2c(=O)n1C1CCC(=O)CC1=O. The van der Waals surface area contributed by atoms with Crippen LogP contribution in [0.1, 0.15) is 35.2 Å². The van der Waals surface area contributed by atoms with E-state index in [2.05, 4.69) is 4.98 Å². The van der Waals surface area contributed by atoms with Gasteiger partial charge in [-0.05, 0) is 25.4 Å². The van der Waals surface area contributed by atoms with Crippen LogP contribution in [-0.4, -0.2) is 21.1 Å². The highest BCUT2D eigenvalue weighted by Gasteiger charge is 2.30. The Balaban J connectivity index is 2.34. The predicted octanol–water partition coefficient (Wildman–Crippen LogP) is 1.15. The van der Waals surface area contributed by atoms with Crippen LogP contribution >= 0.6 is 0 Å². The van der Waals surface area contributed by atoms with Gasteiger partial charge in [0.1, 0.15) is 11.6 Å². The first-order valence-corrected chi connectivity index (χ1v) is 6.49. The Labute approximate surface area is 124 Å². The van der Waals surface area contributed by atoms with Gasteiger partial charge >= 0.3 is 0 Å². The van der Waals surface area contributed by atoms with Gasteiger partial charge in [0.2, 0.25) is 0 Å². The summed E-state index contributed by atoms with van der Waals surface area (Å²) in [5, 5.41) is -0.0885. The highest BCUT2D eigenvalue weighted by Crippen LogP contribution is 2.24. The van der Waals surface area contributed by atoms with Crippen LogP contribution < -0.4 is 11.3 Å². The molecule has 2 N–H and O–H groups in total. The molecule has 6 nitrogen and oxygen atoms in total. The van der Waals surface area contributed by atoms with Gasteiger partial charge in [0.15, 0.2) is 5.78 Å². The number of anilines is 1. The lowest BCUT2D eigenvalue weighted by Gasteiger charge is -2.24. The number of fused-ring (bicyclic) bond motifs is 1. The van der Waals surface area contributed by atoms with Crippen LogP contribution in [0.25, 0.3) is 10.9 Å². The van der Waals surface area contributed by atoms with Crippen molar-refractivity contribution < 1.29 is 13.7 Å². The first-order chi connectivity index (χ1) is 11.3. The lowest BCUT2D eigenvalue weighted by Crippen LogP contribution is -2.36. The summed E-state index contributed by atoms with van der Waals surface area (Å²) < 4.78 is 24.4. The molecule has 0 amide bonds. The lowest BCUT2D eigenvalue weighted by atomic mass is 9.92. The average Bonchev–Trinajstić information content (AvgIpc) is 2.53. The third-order valence-corrected chi connectivity index (χ3v) is 3.65. The number of aromatic nitrogens is 2. The number of rotatable bonds is 1. The van der Waals surface area contributed by atoms with Crippen LogP contribution in [0.15, 0.2) is 22.9 Å². The summed E-state index contributed by atoms with van der Waals surface area (Å²) >= 11 is 0. The minimum absolute atomic E-state index is 0.0198. The molecule has 1 aliphatic carbocycles. The van der Waals surface area contributed by atoms with Crippen LogP contribution in [-0.2, 0) is 9.59 Å². The third-order valence-electron chi connectivity index (χ3n) is 3.65. The number of benzene rings is 1. The molecule has 1 saturated carbocycles. The van der Waals surface area contributed by atoms with Crippen molar-refractivity contribution in [3.63, 3.8) is 0 Å². The van der Waals surface area contributed by atoms with E-state index in [0.717, 1.165) is 4.57 Å². The molecular weight excluding hydrogens is 270 g/mol. The Bertz CT molecular complexity index is 939. The summed E-state index contributed by atoms with van der Waals surface area (Å²) in [6.45, 7) is -0.356. The lowest BCUT2D eigenvalue weighted by molar-refractivity contribution is -0.132. The number of nitrogens with two attached hydrogens (primary N) is 1. The monoisotopic (exact) mass is 288 g/mol. The molecule has 0 bridgehead atoms. The van der Waals surface area contributed by atoms with E-state index in [0.29, 0.717) is 0 Å². The number of carbonyl (C=O) groups is 2. The van der Waals surface area contributed by atoms with Gasteiger partial charge in [0, 0.05) is 13.5 Å². The maximum Gasteiger partial charge on any atom is 0.264 e. The van der Waals surface area contributed by atoms with E-state index in [9.17, 15) is 14.4 Å². The zero-order valence-electron chi connectivity index (χ0n) is 14.2. The fourth-order valence-electron chi connectivity index (χ4n) is 2.63. The molecule has 1 heterocycles. The number of ketones is 2. The maximum absolute atomic E-state index is 12.9. The van der Waals surface area contributed by atoms with Crippen LogP contribution in [0.3, 0.4) is 0 Å². The summed E-state index contributed by atoms with van der Waals surface area (Å²) in [6, 6.07) is 0.0255. The predicted molar refractivity (Wildman–Crippen MR) is 78.1 cm³/mol. The largest absolute Gasteiger partial charge is 0.398 e. The van der Waals surface area contributed by atoms with Crippen molar-refractivity contribution in [2.75, 3.05) is 5.73 Å². The molecule has 21 heavy (non-hydrogen) atoms. The van der Waals surface area contributed by atoms with Gasteiger partial charge < -0.3 is 5.73 Å². The second-order valence-corrected chi connectivity index (χ2v) is 5.01. The van der Waals surface area contributed by atoms with Crippen molar-refractivity contribution >= 4 is 28.2 Å². The second kappa shape index (κ2) is 4.80. The second-order valence-electron chi connectivity index (χ2n) is 5.01. The number of aryl methyl sites for hydroxylation is 1. The molecule has 1 fully saturated rings. The number of hydrogen-bond donors (Lipinski definition) is 1. The van der Waals surface area contributed by atoms with Crippen LogP contribution in [0.2, 0.25) is 0 Å². The summed E-state index contributed by atoms with van der Waals surface area (Å²) in [4.78, 5) is 40.7. The minimum atomic E-state index is -0.865. The molecule has 108 valence electrons. The Morgan fingerprint density at radius 1 is 1.43 bits per heavy atom. The Morgan fingerprint density at radius 3 is 2.95 bits per heavy atom. The summed E-state index contributed by atoms with van der Waals surface area (Å²) in [5.74, 6) is -0.520. The highest BCUT2D eigenvalue weighted by molar-refractivity contribution is 6.03. The van der Waals surface area contributed by atoms with E-state index in [1.807, 2.05) is 0 Å². The fourth-order valence-corrected chi connectivity index (χ4v) is 2.63. The molecule has 0 spiro atoms. The van der Waals surface area contributed by atoms with Gasteiger partial charge in [-0.2, -0.15) is 0 Å². The topological polar surface area (TPSA) is 95.0 Å². The molecule has 0 aliphatic heterocycles. The van der Waals surface area contributed by atoms with Crippen molar-refractivity contribution in [2.24, 2.45) is 0 Å². The third kappa shape index (κ3) is 2.12. The Morgan fingerprint density at radius 2 is 2.24 bits per heavy atom. The molecule has 1 aliphatic rings. The van der Waals surface area contributed by atoms with Crippen LogP contribution in [0.5, 0.6) is 0 Å². The Hall–Kier alpha value is -2.50. The highest BCUT2D eigenvalue weighted by atomic mass is 16.2. The molecule has 1 atom stereocenters. The summed E-state index contributed by atoms with van der Waals surface area (Å²) in [5.41, 5.74) is 5.09. The van der Waals surface area contributed by atoms with Crippen LogP contribution in [0.4, 0.5) is 5.69 Å². The van der Waals surface area contributed by atoms with Gasteiger partial charge in [-0.15, -0.1) is 0 Å². The molecule has 3 rings (SSSR count). The van der Waals surface area contributed by atoms with Crippen LogP contribution in [0, 0.1) is 6.90 Å². The van der Waals surface area contributed by atoms with E-state index in [4.69, 9.17) is 9.85 Å². The number of carbonyl (C=O) groups excluding carboxylic acids is 2. The summed E-state index contributed by atoms with van der Waals surface area (Å²) in [7, 11) is 0. The fraction of sp³-hybridized carbons (Fsp3) is 0.333. The van der Waals surface area contributed by atoms with E-state index in [-0.39, 0.29) is 66.4 Å². The zero-order chi connectivity index (χ0) is 17.6. The summed E-state index contributed by atoms with van der Waals surface area (Å²) in [6.07, 6.45) is 0.103. The molecule has 2 aromatic rings. The van der Waals surface area contributed by atoms with Crippen molar-refractivity contribution in [1.29, 1.82) is 0 Å². The van der Waals surface area contributed by atoms with Crippen molar-refractivity contribution in [3.8, 4) is 0 Å². The minimum Gasteiger partial charge on any atom is -0.398 e. The van der Waals surface area contributed by atoms with Crippen molar-refractivity contribution in [3.05, 3.63) is 34.3 Å². The number of nitrogen functional groups attached to an aromatic ring is 1. The molecule has 0 saturated heterocycles. The van der Waals surface area contributed by atoms with E-state index in [1.165, 1.54) is 6.07 Å². The van der Waals surface area contributed by atoms with E-state index >= 15 is 0 Å². The van der Waals surface area contributed by atoms with Gasteiger partial charge in [-0.1, -0.05) is 6.07 Å². The number of nitrogens with zero attached hydrogens (tertiary/aromatic N) is 2. The number of hydrogen-bond acceptors (Lipinski definition) is 5. The van der Waals surface area contributed by atoms with Crippen molar-refractivity contribution in [2.45, 2.75) is 32.2 Å². The maximum atomic E-state index is 12.9. The van der Waals surface area contributed by atoms with E-state index < -0.39 is 17.4 Å². The molecule has 6 heteroatoms. The normalized spacial score (nSPS) is 21.1. The van der Waals surface area contributed by atoms with E-state index in [1.54, 1.807) is 0 Å². The van der Waals surface area contributed by atoms with Crippen molar-refractivity contribution in [1.82, 2.24) is 9.55 Å². The molecular formula is C15H15N3O3. The zero-order valence-corrected chi connectivity index (χ0v) is 11.2. The molecule has 1 aromatic heterocycles. The molecule has 1 unspecified atom stereocenters. The first-order valence-electron chi connectivity index (χ1n) is 8.20. The standard InChI is InChI=1S/C15H15N3O3/c1-8-17-11-4-2-3-10(16)14(11)15(21)18(8)12-6-5-9(19)7-13(12)20/h2-4,12H,5-7,16H2,1H3/i1D,3D,4D. The number of Topliss-reactive ketones (excluding diaryl/α,β-unsaturated/α-hetero) is 2. The average molecular weight is 288 g/mol. The van der Waals surface area contributed by atoms with Gasteiger partial charge in [-0.3, -0.25) is 19.0 Å².